The molecule has 2 unspecified atom stereocenters. The average Bonchev–Trinajstić information content (AvgIpc) is 2.50. The fourth-order valence-corrected chi connectivity index (χ4v) is 2.35. The van der Waals surface area contributed by atoms with E-state index >= 15 is 0 Å². The molecule has 1 aromatic carbocycles. The molecule has 0 aliphatic carbocycles. The molecule has 1 N–H and O–H groups in total. The largest absolute Gasteiger partial charge is 0.493 e. The van der Waals surface area contributed by atoms with Gasteiger partial charge in [0.1, 0.15) is 11.9 Å². The number of benzene rings is 1. The maximum Gasteiger partial charge on any atom is 0.163 e. The second-order valence-electron chi connectivity index (χ2n) is 4.48. The van der Waals surface area contributed by atoms with E-state index in [4.69, 9.17) is 18.9 Å². The van der Waals surface area contributed by atoms with Gasteiger partial charge in [0, 0.05) is 11.6 Å². The van der Waals surface area contributed by atoms with Crippen molar-refractivity contribution >= 4 is 0 Å². The van der Waals surface area contributed by atoms with Crippen molar-refractivity contribution in [1.29, 1.82) is 0 Å². The van der Waals surface area contributed by atoms with Crippen molar-refractivity contribution in [1.82, 2.24) is 5.32 Å². The minimum absolute atomic E-state index is 0.235. The van der Waals surface area contributed by atoms with Gasteiger partial charge in [-0.2, -0.15) is 0 Å². The topological polar surface area (TPSA) is 49.0 Å². The highest BCUT2D eigenvalue weighted by atomic mass is 19.1. The van der Waals surface area contributed by atoms with E-state index in [-0.39, 0.29) is 18.0 Å². The van der Waals surface area contributed by atoms with Gasteiger partial charge in [-0.1, -0.05) is 0 Å². The SMILES string of the molecule is CNC(c1cc(OC)c(OC)cc1F)C1COCCO1. The van der Waals surface area contributed by atoms with Gasteiger partial charge < -0.3 is 24.3 Å². The zero-order valence-corrected chi connectivity index (χ0v) is 11.9. The Labute approximate surface area is 118 Å². The highest BCUT2D eigenvalue weighted by Crippen LogP contribution is 2.34. The van der Waals surface area contributed by atoms with Crippen LogP contribution >= 0.6 is 0 Å². The van der Waals surface area contributed by atoms with Crippen molar-refractivity contribution in [3.05, 3.63) is 23.5 Å². The van der Waals surface area contributed by atoms with Crippen molar-refractivity contribution in [2.24, 2.45) is 0 Å². The standard InChI is InChI=1S/C14H20FNO4/c1-16-14(13-8-19-4-5-20-13)9-6-11(17-2)12(18-3)7-10(9)15/h6-7,13-14,16H,4-5,8H2,1-3H3. The van der Waals surface area contributed by atoms with Gasteiger partial charge in [-0.3, -0.25) is 0 Å². The summed E-state index contributed by atoms with van der Waals surface area (Å²) in [4.78, 5) is 0. The number of halogens is 1. The Morgan fingerprint density at radius 1 is 1.25 bits per heavy atom. The molecule has 0 saturated carbocycles. The normalized spacial score (nSPS) is 20.5. The Morgan fingerprint density at radius 3 is 2.50 bits per heavy atom. The molecule has 1 fully saturated rings. The summed E-state index contributed by atoms with van der Waals surface area (Å²) in [5.74, 6) is 0.487. The molecule has 0 radical (unpaired) electrons. The predicted molar refractivity (Wildman–Crippen MR) is 71.9 cm³/mol. The van der Waals surface area contributed by atoms with Crippen LogP contribution in [0.2, 0.25) is 0 Å². The van der Waals surface area contributed by atoms with Gasteiger partial charge in [0.05, 0.1) is 40.1 Å². The van der Waals surface area contributed by atoms with Gasteiger partial charge >= 0.3 is 0 Å². The quantitative estimate of drug-likeness (QED) is 0.889. The first-order valence-electron chi connectivity index (χ1n) is 6.49. The third kappa shape index (κ3) is 3.03. The maximum absolute atomic E-state index is 14.3. The number of rotatable bonds is 5. The summed E-state index contributed by atoms with van der Waals surface area (Å²) in [5, 5.41) is 3.08. The van der Waals surface area contributed by atoms with Crippen LogP contribution < -0.4 is 14.8 Å². The van der Waals surface area contributed by atoms with E-state index in [1.807, 2.05) is 0 Å². The Hall–Kier alpha value is -1.37. The molecule has 5 nitrogen and oxygen atoms in total. The predicted octanol–water partition coefficient (Wildman–Crippen LogP) is 1.52. The van der Waals surface area contributed by atoms with Crippen LogP contribution in [0.5, 0.6) is 11.5 Å². The highest BCUT2D eigenvalue weighted by molar-refractivity contribution is 5.45. The van der Waals surface area contributed by atoms with Crippen molar-refractivity contribution in [3.8, 4) is 11.5 Å². The van der Waals surface area contributed by atoms with Crippen LogP contribution in [0.1, 0.15) is 11.6 Å². The number of ether oxygens (including phenoxy) is 4. The van der Waals surface area contributed by atoms with Crippen molar-refractivity contribution in [2.75, 3.05) is 41.1 Å². The van der Waals surface area contributed by atoms with E-state index < -0.39 is 0 Å². The average molecular weight is 285 g/mol. The second kappa shape index (κ2) is 6.88. The van der Waals surface area contributed by atoms with Crippen LogP contribution in [-0.4, -0.2) is 47.2 Å². The second-order valence-corrected chi connectivity index (χ2v) is 4.48. The molecule has 0 bridgehead atoms. The van der Waals surface area contributed by atoms with Crippen LogP contribution in [0.25, 0.3) is 0 Å². The molecule has 1 saturated heterocycles. The fraction of sp³-hybridized carbons (Fsp3) is 0.571. The molecule has 1 aliphatic heterocycles. The third-order valence-corrected chi connectivity index (χ3v) is 3.36. The van der Waals surface area contributed by atoms with Crippen molar-refractivity contribution in [2.45, 2.75) is 12.1 Å². The van der Waals surface area contributed by atoms with Gasteiger partial charge in [-0.15, -0.1) is 0 Å². The lowest BCUT2D eigenvalue weighted by molar-refractivity contribution is -0.102. The summed E-state index contributed by atoms with van der Waals surface area (Å²) < 4.78 is 35.6. The summed E-state index contributed by atoms with van der Waals surface area (Å²) in [6, 6.07) is 2.64. The first-order chi connectivity index (χ1) is 9.71. The molecule has 1 aromatic rings. The summed E-state index contributed by atoms with van der Waals surface area (Å²) in [5.41, 5.74) is 0.473. The van der Waals surface area contributed by atoms with Gasteiger partial charge in [0.2, 0.25) is 0 Å². The molecule has 6 heteroatoms. The molecule has 1 heterocycles. The minimum Gasteiger partial charge on any atom is -0.493 e. The number of methoxy groups -OCH3 is 2. The number of nitrogens with one attached hydrogen (secondary N) is 1. The van der Waals surface area contributed by atoms with Crippen molar-refractivity contribution in [3.63, 3.8) is 0 Å². The Morgan fingerprint density at radius 2 is 1.95 bits per heavy atom. The molecule has 20 heavy (non-hydrogen) atoms. The third-order valence-electron chi connectivity index (χ3n) is 3.36. The molecular formula is C14H20FNO4. The van der Waals surface area contributed by atoms with E-state index in [0.717, 1.165) is 0 Å². The van der Waals surface area contributed by atoms with E-state index in [9.17, 15) is 4.39 Å². The van der Waals surface area contributed by atoms with E-state index in [2.05, 4.69) is 5.32 Å². The van der Waals surface area contributed by atoms with Crippen LogP contribution in [0, 0.1) is 5.82 Å². The highest BCUT2D eigenvalue weighted by Gasteiger charge is 2.28. The van der Waals surface area contributed by atoms with E-state index in [1.165, 1.54) is 20.3 Å². The van der Waals surface area contributed by atoms with Gasteiger partial charge in [0.15, 0.2) is 11.5 Å². The van der Waals surface area contributed by atoms with Gasteiger partial charge in [0.25, 0.3) is 0 Å². The molecular weight excluding hydrogens is 265 g/mol. The van der Waals surface area contributed by atoms with Crippen LogP contribution in [0.3, 0.4) is 0 Å². The fourth-order valence-electron chi connectivity index (χ4n) is 2.35. The first kappa shape index (κ1) is 15.0. The van der Waals surface area contributed by atoms with Gasteiger partial charge in [-0.25, -0.2) is 4.39 Å². The lowest BCUT2D eigenvalue weighted by Gasteiger charge is -2.31. The lowest BCUT2D eigenvalue weighted by atomic mass is 10.00. The van der Waals surface area contributed by atoms with Gasteiger partial charge in [-0.05, 0) is 13.1 Å². The molecule has 2 rings (SSSR count). The summed E-state index contributed by atoms with van der Waals surface area (Å²) in [6.07, 6.45) is -0.235. The van der Waals surface area contributed by atoms with E-state index in [0.29, 0.717) is 36.9 Å². The summed E-state index contributed by atoms with van der Waals surface area (Å²) in [7, 11) is 4.76. The zero-order valence-electron chi connectivity index (χ0n) is 11.9. The van der Waals surface area contributed by atoms with Crippen LogP contribution in [0.4, 0.5) is 4.39 Å². The number of likely N-dealkylation sites (N-methyl/N-ethyl adjacent to an activating group) is 1. The molecule has 112 valence electrons. The van der Waals surface area contributed by atoms with Crippen LogP contribution in [0.15, 0.2) is 12.1 Å². The number of hydrogen-bond acceptors (Lipinski definition) is 5. The number of hydrogen-bond donors (Lipinski definition) is 1. The zero-order chi connectivity index (χ0) is 14.5. The smallest absolute Gasteiger partial charge is 0.163 e. The van der Waals surface area contributed by atoms with Crippen LogP contribution in [-0.2, 0) is 9.47 Å². The maximum atomic E-state index is 14.3. The Kier molecular flexibility index (Phi) is 5.17. The molecule has 0 amide bonds. The summed E-state index contributed by atoms with van der Waals surface area (Å²) >= 11 is 0. The lowest BCUT2D eigenvalue weighted by Crippen LogP contribution is -2.39. The minimum atomic E-state index is -0.365. The summed E-state index contributed by atoms with van der Waals surface area (Å²) in [6.45, 7) is 1.51. The molecule has 0 spiro atoms. The first-order valence-corrected chi connectivity index (χ1v) is 6.49. The van der Waals surface area contributed by atoms with E-state index in [1.54, 1.807) is 13.1 Å². The monoisotopic (exact) mass is 285 g/mol. The molecule has 2 atom stereocenters. The Bertz CT molecular complexity index is 449. The molecule has 1 aliphatic rings. The Balaban J connectivity index is 2.33. The molecule has 0 aromatic heterocycles. The van der Waals surface area contributed by atoms with Crippen molar-refractivity contribution < 1.29 is 23.3 Å².